The summed E-state index contributed by atoms with van der Waals surface area (Å²) in [5.41, 5.74) is -0.442. The van der Waals surface area contributed by atoms with E-state index in [9.17, 15) is 13.6 Å². The highest BCUT2D eigenvalue weighted by molar-refractivity contribution is 9.10. The minimum atomic E-state index is -0.910. The number of carbonyl (C=O) groups excluding carboxylic acids is 1. The minimum Gasteiger partial charge on any atom is -0.288 e. The summed E-state index contributed by atoms with van der Waals surface area (Å²) in [6, 6.07) is 8.03. The molecule has 0 fully saturated rings. The summed E-state index contributed by atoms with van der Waals surface area (Å²) >= 11 is 8.69. The Morgan fingerprint density at radius 2 is 1.72 bits per heavy atom. The number of carbonyl (C=O) groups is 1. The second-order valence-electron chi connectivity index (χ2n) is 3.58. The van der Waals surface area contributed by atoms with Gasteiger partial charge < -0.3 is 0 Å². The van der Waals surface area contributed by atoms with Crippen LogP contribution in [0.2, 0.25) is 5.02 Å². The van der Waals surface area contributed by atoms with Crippen LogP contribution >= 0.6 is 27.5 Å². The summed E-state index contributed by atoms with van der Waals surface area (Å²) in [6.45, 7) is 0. The van der Waals surface area contributed by atoms with Crippen molar-refractivity contribution in [1.82, 2.24) is 0 Å². The van der Waals surface area contributed by atoms with E-state index in [1.54, 1.807) is 12.1 Å². The lowest BCUT2D eigenvalue weighted by Crippen LogP contribution is -2.07. The molecule has 2 aromatic rings. The molecule has 0 heterocycles. The Balaban J connectivity index is 2.53. The Morgan fingerprint density at radius 3 is 2.28 bits per heavy atom. The maximum absolute atomic E-state index is 13.6. The molecule has 0 radical (unpaired) electrons. The molecule has 0 atom stereocenters. The summed E-state index contributed by atoms with van der Waals surface area (Å²) in [4.78, 5) is 12.0. The minimum absolute atomic E-state index is 0.141. The third-order valence-electron chi connectivity index (χ3n) is 2.32. The van der Waals surface area contributed by atoms with E-state index < -0.39 is 23.0 Å². The predicted octanol–water partition coefficient (Wildman–Crippen LogP) is 4.61. The van der Waals surface area contributed by atoms with Crippen molar-refractivity contribution in [2.75, 3.05) is 0 Å². The van der Waals surface area contributed by atoms with Crippen molar-refractivity contribution < 1.29 is 13.6 Å². The van der Waals surface area contributed by atoms with Crippen LogP contribution in [0.5, 0.6) is 0 Å². The highest BCUT2D eigenvalue weighted by Gasteiger charge is 2.19. The molecule has 0 aliphatic heterocycles. The SMILES string of the molecule is O=C(c1cccc(Cl)c1)c1c(F)cc(Br)cc1F. The lowest BCUT2D eigenvalue weighted by molar-refractivity contribution is 0.103. The Morgan fingerprint density at radius 1 is 1.11 bits per heavy atom. The van der Waals surface area contributed by atoms with Crippen LogP contribution in [0.4, 0.5) is 8.78 Å². The third-order valence-corrected chi connectivity index (χ3v) is 3.01. The van der Waals surface area contributed by atoms with E-state index in [2.05, 4.69) is 15.9 Å². The van der Waals surface area contributed by atoms with Gasteiger partial charge in [0.15, 0.2) is 5.78 Å². The molecule has 0 amide bonds. The topological polar surface area (TPSA) is 17.1 Å². The first kappa shape index (κ1) is 13.2. The molecule has 0 saturated carbocycles. The Labute approximate surface area is 116 Å². The number of hydrogen-bond donors (Lipinski definition) is 0. The van der Waals surface area contributed by atoms with Crippen molar-refractivity contribution in [2.45, 2.75) is 0 Å². The Bertz CT molecular complexity index is 605. The van der Waals surface area contributed by atoms with Crippen molar-refractivity contribution in [2.24, 2.45) is 0 Å². The standard InChI is InChI=1S/C13H6BrClF2O/c14-8-5-10(16)12(11(17)6-8)13(18)7-2-1-3-9(15)4-7/h1-6H. The van der Waals surface area contributed by atoms with Crippen LogP contribution in [0.1, 0.15) is 15.9 Å². The van der Waals surface area contributed by atoms with Crippen LogP contribution < -0.4 is 0 Å². The summed E-state index contributed by atoms with van der Waals surface area (Å²) in [6.07, 6.45) is 0. The predicted molar refractivity (Wildman–Crippen MR) is 68.9 cm³/mol. The monoisotopic (exact) mass is 330 g/mol. The first-order valence-corrected chi connectivity index (χ1v) is 6.11. The van der Waals surface area contributed by atoms with Crippen LogP contribution in [-0.4, -0.2) is 5.78 Å². The molecule has 1 nitrogen and oxygen atoms in total. The molecule has 2 aromatic carbocycles. The zero-order valence-electron chi connectivity index (χ0n) is 8.88. The van der Waals surface area contributed by atoms with Gasteiger partial charge in [-0.2, -0.15) is 0 Å². The van der Waals surface area contributed by atoms with Gasteiger partial charge in [0.25, 0.3) is 0 Å². The average molecular weight is 332 g/mol. The van der Waals surface area contributed by atoms with Crippen molar-refractivity contribution in [1.29, 1.82) is 0 Å². The molecule has 0 N–H and O–H groups in total. The molecule has 92 valence electrons. The largest absolute Gasteiger partial charge is 0.288 e. The van der Waals surface area contributed by atoms with Crippen LogP contribution in [0.15, 0.2) is 40.9 Å². The average Bonchev–Trinajstić information content (AvgIpc) is 2.27. The maximum Gasteiger partial charge on any atom is 0.198 e. The van der Waals surface area contributed by atoms with Gasteiger partial charge in [0, 0.05) is 15.1 Å². The van der Waals surface area contributed by atoms with Crippen LogP contribution in [0, 0.1) is 11.6 Å². The van der Waals surface area contributed by atoms with E-state index in [1.165, 1.54) is 12.1 Å². The van der Waals surface area contributed by atoms with Gasteiger partial charge in [-0.3, -0.25) is 4.79 Å². The van der Waals surface area contributed by atoms with Gasteiger partial charge >= 0.3 is 0 Å². The fraction of sp³-hybridized carbons (Fsp3) is 0. The quantitative estimate of drug-likeness (QED) is 0.734. The number of ketones is 1. The number of halogens is 4. The van der Waals surface area contributed by atoms with Gasteiger partial charge in [-0.25, -0.2) is 8.78 Å². The number of benzene rings is 2. The molecule has 0 aliphatic rings. The molecule has 0 bridgehead atoms. The normalized spacial score (nSPS) is 10.4. The lowest BCUT2D eigenvalue weighted by atomic mass is 10.0. The van der Waals surface area contributed by atoms with Crippen molar-refractivity contribution in [3.63, 3.8) is 0 Å². The second kappa shape index (κ2) is 5.16. The molecule has 0 spiro atoms. The third kappa shape index (κ3) is 2.60. The molecule has 18 heavy (non-hydrogen) atoms. The van der Waals surface area contributed by atoms with Crippen molar-refractivity contribution in [3.05, 3.63) is 68.7 Å². The highest BCUT2D eigenvalue weighted by Crippen LogP contribution is 2.23. The molecule has 2 rings (SSSR count). The van der Waals surface area contributed by atoms with Crippen LogP contribution in [-0.2, 0) is 0 Å². The van der Waals surface area contributed by atoms with Crippen LogP contribution in [0.3, 0.4) is 0 Å². The van der Waals surface area contributed by atoms with Crippen molar-refractivity contribution >= 4 is 33.3 Å². The zero-order valence-corrected chi connectivity index (χ0v) is 11.2. The highest BCUT2D eigenvalue weighted by atomic mass is 79.9. The zero-order chi connectivity index (χ0) is 13.3. The smallest absolute Gasteiger partial charge is 0.198 e. The Kier molecular flexibility index (Phi) is 3.78. The summed E-state index contributed by atoms with van der Waals surface area (Å²) < 4.78 is 27.5. The van der Waals surface area contributed by atoms with E-state index in [1.807, 2.05) is 0 Å². The van der Waals surface area contributed by atoms with Gasteiger partial charge in [0.05, 0.1) is 5.56 Å². The van der Waals surface area contributed by atoms with E-state index >= 15 is 0 Å². The van der Waals surface area contributed by atoms with E-state index in [4.69, 9.17) is 11.6 Å². The van der Waals surface area contributed by atoms with Crippen molar-refractivity contribution in [3.8, 4) is 0 Å². The van der Waals surface area contributed by atoms with Gasteiger partial charge in [-0.05, 0) is 24.3 Å². The summed E-state index contributed by atoms with van der Waals surface area (Å²) in [5.74, 6) is -2.56. The fourth-order valence-corrected chi connectivity index (χ4v) is 2.13. The molecule has 0 aromatic heterocycles. The molecular weight excluding hydrogens is 325 g/mol. The first-order chi connectivity index (χ1) is 8.49. The van der Waals surface area contributed by atoms with Crippen LogP contribution in [0.25, 0.3) is 0 Å². The Hall–Kier alpha value is -1.26. The molecule has 0 unspecified atom stereocenters. The molecule has 0 saturated heterocycles. The first-order valence-electron chi connectivity index (χ1n) is 4.94. The van der Waals surface area contributed by atoms with Gasteiger partial charge in [-0.15, -0.1) is 0 Å². The van der Waals surface area contributed by atoms with Gasteiger partial charge in [-0.1, -0.05) is 39.7 Å². The van der Waals surface area contributed by atoms with E-state index in [-0.39, 0.29) is 10.0 Å². The maximum atomic E-state index is 13.6. The summed E-state index contributed by atoms with van der Waals surface area (Å²) in [7, 11) is 0. The van der Waals surface area contributed by atoms with Gasteiger partial charge in [0.1, 0.15) is 11.6 Å². The lowest BCUT2D eigenvalue weighted by Gasteiger charge is -2.05. The number of rotatable bonds is 2. The molecule has 0 aliphatic carbocycles. The number of hydrogen-bond acceptors (Lipinski definition) is 1. The van der Waals surface area contributed by atoms with Gasteiger partial charge in [0.2, 0.25) is 0 Å². The summed E-state index contributed by atoms with van der Waals surface area (Å²) in [5, 5.41) is 0.332. The van der Waals surface area contributed by atoms with E-state index in [0.29, 0.717) is 5.02 Å². The van der Waals surface area contributed by atoms with E-state index in [0.717, 1.165) is 12.1 Å². The molecular formula is C13H6BrClF2O. The fourth-order valence-electron chi connectivity index (χ4n) is 1.53. The molecule has 5 heteroatoms. The second-order valence-corrected chi connectivity index (χ2v) is 4.94.